The number of hydrogen-bond acceptors (Lipinski definition) is 4. The largest absolute Gasteiger partial charge is 0.397 e. The molecule has 0 bridgehead atoms. The molecule has 68 valence electrons. The van der Waals surface area contributed by atoms with Crippen LogP contribution in [0.15, 0.2) is 11.1 Å². The van der Waals surface area contributed by atoms with E-state index in [4.69, 9.17) is 11.6 Å². The Bertz CT molecular complexity index is 209. The molecule has 0 fully saturated rings. The minimum Gasteiger partial charge on any atom is -0.248 e. The molecule has 0 aromatic carbocycles. The molecule has 0 N–H and O–H groups in total. The molecule has 0 radical (unpaired) electrons. The Morgan fingerprint density at radius 3 is 2.42 bits per heavy atom. The number of carbonyl (C=O) groups excluding carboxylic acids is 2. The monoisotopic (exact) mass is 192 g/mol. The second kappa shape index (κ2) is 5.60. The molecule has 12 heavy (non-hydrogen) atoms. The molecule has 0 aliphatic heterocycles. The van der Waals surface area contributed by atoms with Crippen molar-refractivity contribution in [2.75, 3.05) is 0 Å². The van der Waals surface area contributed by atoms with E-state index in [0.717, 1.165) is 6.92 Å². The van der Waals surface area contributed by atoms with Crippen molar-refractivity contribution < 1.29 is 19.4 Å². The van der Waals surface area contributed by atoms with Gasteiger partial charge in [0.25, 0.3) is 0 Å². The first kappa shape index (κ1) is 11.0. The van der Waals surface area contributed by atoms with Gasteiger partial charge in [-0.05, 0) is 6.42 Å². The lowest BCUT2D eigenvalue weighted by molar-refractivity contribution is -0.253. The maximum atomic E-state index is 10.7. The van der Waals surface area contributed by atoms with Crippen LogP contribution in [0.25, 0.3) is 0 Å². The topological polar surface area (TPSA) is 52.6 Å². The van der Waals surface area contributed by atoms with E-state index < -0.39 is 11.9 Å². The Morgan fingerprint density at radius 2 is 2.00 bits per heavy atom. The molecular formula is C7H9ClO4. The summed E-state index contributed by atoms with van der Waals surface area (Å²) < 4.78 is 0. The maximum Gasteiger partial charge on any atom is 0.397 e. The molecule has 0 aliphatic rings. The van der Waals surface area contributed by atoms with Crippen molar-refractivity contribution in [2.45, 2.75) is 20.3 Å². The Labute approximate surface area is 75.0 Å². The van der Waals surface area contributed by atoms with Gasteiger partial charge in [0.2, 0.25) is 0 Å². The van der Waals surface area contributed by atoms with E-state index in [1.807, 2.05) is 6.92 Å². The van der Waals surface area contributed by atoms with Gasteiger partial charge in [0.15, 0.2) is 0 Å². The van der Waals surface area contributed by atoms with Crippen molar-refractivity contribution in [3.8, 4) is 0 Å². The first-order valence-electron chi connectivity index (χ1n) is 3.33. The molecule has 0 aromatic heterocycles. The molecule has 0 unspecified atom stereocenters. The van der Waals surface area contributed by atoms with Gasteiger partial charge in [-0.1, -0.05) is 24.6 Å². The van der Waals surface area contributed by atoms with E-state index in [1.54, 1.807) is 0 Å². The smallest absolute Gasteiger partial charge is 0.248 e. The van der Waals surface area contributed by atoms with Crippen LogP contribution in [0, 0.1) is 0 Å². The molecule has 0 amide bonds. The van der Waals surface area contributed by atoms with Gasteiger partial charge in [-0.25, -0.2) is 19.4 Å². The molecule has 0 heterocycles. The Kier molecular flexibility index (Phi) is 5.12. The molecule has 0 saturated heterocycles. The van der Waals surface area contributed by atoms with Crippen LogP contribution in [0.2, 0.25) is 0 Å². The summed E-state index contributed by atoms with van der Waals surface area (Å²) in [7, 11) is 0. The quantitative estimate of drug-likeness (QED) is 0.378. The fraction of sp³-hybridized carbons (Fsp3) is 0.429. The third-order valence-corrected chi connectivity index (χ3v) is 1.12. The molecule has 0 aliphatic carbocycles. The minimum atomic E-state index is -0.867. The van der Waals surface area contributed by atoms with Gasteiger partial charge >= 0.3 is 11.9 Å². The van der Waals surface area contributed by atoms with Crippen LogP contribution in [0.3, 0.4) is 0 Å². The summed E-state index contributed by atoms with van der Waals surface area (Å²) in [6, 6.07) is 0. The highest BCUT2D eigenvalue weighted by molar-refractivity contribution is 6.41. The molecule has 0 aromatic rings. The Morgan fingerprint density at radius 1 is 1.42 bits per heavy atom. The summed E-state index contributed by atoms with van der Waals surface area (Å²) in [5, 5.41) is -0.0984. The summed E-state index contributed by atoms with van der Waals surface area (Å²) in [6.45, 7) is 2.92. The molecular weight excluding hydrogens is 184 g/mol. The maximum absolute atomic E-state index is 10.7. The lowest BCUT2D eigenvalue weighted by Crippen LogP contribution is -2.08. The number of carbonyl (C=O) groups is 2. The fourth-order valence-electron chi connectivity index (χ4n) is 0.399. The molecule has 0 spiro atoms. The van der Waals surface area contributed by atoms with Gasteiger partial charge in [0.05, 0.1) is 0 Å². The predicted molar refractivity (Wildman–Crippen MR) is 42.1 cm³/mol. The Hall–Kier alpha value is -1.03. The molecule has 0 rings (SSSR count). The van der Waals surface area contributed by atoms with Crippen LogP contribution >= 0.6 is 11.6 Å². The molecule has 4 nitrogen and oxygen atoms in total. The third-order valence-electron chi connectivity index (χ3n) is 0.813. The van der Waals surface area contributed by atoms with Crippen LogP contribution in [0.4, 0.5) is 0 Å². The van der Waals surface area contributed by atoms with Crippen LogP contribution < -0.4 is 0 Å². The SMILES string of the molecule is CCC=C(Cl)C(=O)OOC(C)=O. The lowest BCUT2D eigenvalue weighted by atomic mass is 10.4. The number of rotatable bonds is 2. The Balaban J connectivity index is 3.88. The number of hydrogen-bond donors (Lipinski definition) is 0. The van der Waals surface area contributed by atoms with Crippen molar-refractivity contribution in [3.05, 3.63) is 11.1 Å². The lowest BCUT2D eigenvalue weighted by Gasteiger charge is -1.98. The van der Waals surface area contributed by atoms with Crippen LogP contribution in [0.1, 0.15) is 20.3 Å². The first-order valence-corrected chi connectivity index (χ1v) is 3.70. The van der Waals surface area contributed by atoms with E-state index in [0.29, 0.717) is 6.42 Å². The van der Waals surface area contributed by atoms with Gasteiger partial charge in [0.1, 0.15) is 5.03 Å². The van der Waals surface area contributed by atoms with E-state index in [-0.39, 0.29) is 5.03 Å². The van der Waals surface area contributed by atoms with Gasteiger partial charge < -0.3 is 0 Å². The van der Waals surface area contributed by atoms with Crippen molar-refractivity contribution >= 4 is 23.5 Å². The first-order chi connectivity index (χ1) is 5.57. The number of allylic oxidation sites excluding steroid dienone is 1. The fourth-order valence-corrected chi connectivity index (χ4v) is 0.585. The third kappa shape index (κ3) is 4.73. The number of halogens is 1. The highest BCUT2D eigenvalue weighted by Gasteiger charge is 2.09. The van der Waals surface area contributed by atoms with Crippen molar-refractivity contribution in [2.24, 2.45) is 0 Å². The second-order valence-corrected chi connectivity index (χ2v) is 2.31. The second-order valence-electron chi connectivity index (χ2n) is 1.91. The van der Waals surface area contributed by atoms with Crippen molar-refractivity contribution in [3.63, 3.8) is 0 Å². The zero-order valence-electron chi connectivity index (χ0n) is 6.80. The van der Waals surface area contributed by atoms with Crippen molar-refractivity contribution in [1.82, 2.24) is 0 Å². The van der Waals surface area contributed by atoms with Crippen LogP contribution in [-0.2, 0) is 19.4 Å². The normalized spacial score (nSPS) is 10.8. The minimum absolute atomic E-state index is 0.0984. The highest BCUT2D eigenvalue weighted by Crippen LogP contribution is 2.05. The summed E-state index contributed by atoms with van der Waals surface area (Å²) in [6.07, 6.45) is 2.06. The standard InChI is InChI=1S/C7H9ClO4/c1-3-4-6(8)7(10)12-11-5(2)9/h4H,3H2,1-2H3. The highest BCUT2D eigenvalue weighted by atomic mass is 35.5. The summed E-state index contributed by atoms with van der Waals surface area (Å²) in [5.74, 6) is -1.57. The van der Waals surface area contributed by atoms with Gasteiger partial charge in [-0.15, -0.1) is 0 Å². The van der Waals surface area contributed by atoms with E-state index in [9.17, 15) is 9.59 Å². The van der Waals surface area contributed by atoms with Gasteiger partial charge in [-0.2, -0.15) is 0 Å². The van der Waals surface area contributed by atoms with Crippen molar-refractivity contribution in [1.29, 1.82) is 0 Å². The van der Waals surface area contributed by atoms with Gasteiger partial charge in [-0.3, -0.25) is 0 Å². The van der Waals surface area contributed by atoms with E-state index in [1.165, 1.54) is 6.08 Å². The summed E-state index contributed by atoms with van der Waals surface area (Å²) >= 11 is 5.41. The van der Waals surface area contributed by atoms with Crippen LogP contribution in [0.5, 0.6) is 0 Å². The average molecular weight is 193 g/mol. The average Bonchev–Trinajstić information content (AvgIpc) is 2.00. The predicted octanol–water partition coefficient (Wildman–Crippen LogP) is 1.54. The molecule has 0 atom stereocenters. The molecule has 5 heteroatoms. The van der Waals surface area contributed by atoms with E-state index >= 15 is 0 Å². The molecule has 0 saturated carbocycles. The van der Waals surface area contributed by atoms with Crippen LogP contribution in [-0.4, -0.2) is 11.9 Å². The van der Waals surface area contributed by atoms with Gasteiger partial charge in [0, 0.05) is 6.92 Å². The zero-order valence-corrected chi connectivity index (χ0v) is 7.55. The van der Waals surface area contributed by atoms with E-state index in [2.05, 4.69) is 9.78 Å². The zero-order chi connectivity index (χ0) is 9.56. The summed E-state index contributed by atoms with van der Waals surface area (Å²) in [4.78, 5) is 28.9. The summed E-state index contributed by atoms with van der Waals surface area (Å²) in [5.41, 5.74) is 0.